The highest BCUT2D eigenvalue weighted by atomic mass is 16.3. The predicted octanol–water partition coefficient (Wildman–Crippen LogP) is 1.98. The second kappa shape index (κ2) is 8.10. The van der Waals surface area contributed by atoms with E-state index in [9.17, 15) is 14.7 Å². The molecule has 0 fully saturated rings. The van der Waals surface area contributed by atoms with Crippen LogP contribution in [0.1, 0.15) is 22.8 Å². The molecule has 3 N–H and O–H groups in total. The number of hydrogen-bond donors (Lipinski definition) is 3. The van der Waals surface area contributed by atoms with Gasteiger partial charge in [-0.15, -0.1) is 0 Å². The maximum Gasteiger partial charge on any atom is 0.253 e. The van der Waals surface area contributed by atoms with Crippen LogP contribution in [-0.4, -0.2) is 29.6 Å². The average molecular weight is 312 g/mol. The zero-order valence-electron chi connectivity index (χ0n) is 13.0. The Balaban J connectivity index is 1.97. The normalized spacial score (nSPS) is 11.6. The first-order valence-corrected chi connectivity index (χ1v) is 7.48. The summed E-state index contributed by atoms with van der Waals surface area (Å²) in [6, 6.07) is 16.6. The molecule has 5 heteroatoms. The molecule has 0 radical (unpaired) electrons. The van der Waals surface area contributed by atoms with Crippen LogP contribution in [0.4, 0.5) is 5.69 Å². The number of aliphatic hydroxyl groups is 1. The van der Waals surface area contributed by atoms with Crippen LogP contribution in [0.25, 0.3) is 0 Å². The van der Waals surface area contributed by atoms with Crippen LogP contribution in [0.15, 0.2) is 54.6 Å². The number of amides is 2. The number of hydrogen-bond acceptors (Lipinski definition) is 3. The van der Waals surface area contributed by atoms with E-state index < -0.39 is 12.0 Å². The fourth-order valence-corrected chi connectivity index (χ4v) is 2.09. The van der Waals surface area contributed by atoms with Crippen LogP contribution >= 0.6 is 0 Å². The Hall–Kier alpha value is -2.66. The van der Waals surface area contributed by atoms with E-state index in [0.717, 1.165) is 12.0 Å². The number of anilines is 1. The third kappa shape index (κ3) is 4.93. The molecule has 23 heavy (non-hydrogen) atoms. The van der Waals surface area contributed by atoms with E-state index in [2.05, 4.69) is 10.6 Å². The van der Waals surface area contributed by atoms with Crippen molar-refractivity contribution in [2.45, 2.75) is 19.4 Å². The summed E-state index contributed by atoms with van der Waals surface area (Å²) >= 11 is 0. The Morgan fingerprint density at radius 2 is 1.70 bits per heavy atom. The molecule has 1 atom stereocenters. The van der Waals surface area contributed by atoms with Crippen LogP contribution in [0, 0.1) is 0 Å². The van der Waals surface area contributed by atoms with Crippen molar-refractivity contribution in [3.05, 3.63) is 65.7 Å². The fourth-order valence-electron chi connectivity index (χ4n) is 2.09. The fraction of sp³-hybridized carbons (Fsp3) is 0.222. The van der Waals surface area contributed by atoms with Crippen LogP contribution in [0.3, 0.4) is 0 Å². The second-order valence-corrected chi connectivity index (χ2v) is 5.20. The van der Waals surface area contributed by atoms with Gasteiger partial charge in [0.2, 0.25) is 0 Å². The van der Waals surface area contributed by atoms with Crippen molar-refractivity contribution >= 4 is 17.5 Å². The van der Waals surface area contributed by atoms with Crippen molar-refractivity contribution in [1.82, 2.24) is 5.32 Å². The van der Waals surface area contributed by atoms with Crippen LogP contribution in [-0.2, 0) is 11.2 Å². The first-order chi connectivity index (χ1) is 11.1. The molecule has 0 saturated heterocycles. The van der Waals surface area contributed by atoms with Gasteiger partial charge in [0.1, 0.15) is 6.10 Å². The molecule has 120 valence electrons. The lowest BCUT2D eigenvalue weighted by molar-refractivity contribution is -0.123. The molecule has 2 aromatic rings. The van der Waals surface area contributed by atoms with Gasteiger partial charge in [-0.25, -0.2) is 0 Å². The summed E-state index contributed by atoms with van der Waals surface area (Å²) in [5, 5.41) is 14.7. The Bertz CT molecular complexity index is 669. The molecule has 0 bridgehead atoms. The molecule has 0 aliphatic heterocycles. The van der Waals surface area contributed by atoms with Gasteiger partial charge in [-0.2, -0.15) is 0 Å². The van der Waals surface area contributed by atoms with Gasteiger partial charge in [-0.05, 0) is 31.0 Å². The van der Waals surface area contributed by atoms with Crippen LogP contribution in [0.2, 0.25) is 0 Å². The molecule has 0 aliphatic rings. The number of carbonyl (C=O) groups is 2. The highest BCUT2D eigenvalue weighted by Gasteiger charge is 2.15. The highest BCUT2D eigenvalue weighted by molar-refractivity contribution is 6.04. The number of rotatable bonds is 6. The van der Waals surface area contributed by atoms with E-state index in [-0.39, 0.29) is 5.91 Å². The van der Waals surface area contributed by atoms with Crippen molar-refractivity contribution < 1.29 is 14.7 Å². The lowest BCUT2D eigenvalue weighted by Crippen LogP contribution is -2.29. The molecule has 2 amide bonds. The summed E-state index contributed by atoms with van der Waals surface area (Å²) in [5.74, 6) is -0.808. The van der Waals surface area contributed by atoms with E-state index in [1.54, 1.807) is 24.3 Å². The SMILES string of the molecule is CC(O)C(=O)Nc1ccccc1C(=O)NCCc1ccccc1. The van der Waals surface area contributed by atoms with Crippen molar-refractivity contribution in [2.24, 2.45) is 0 Å². The average Bonchev–Trinajstić information content (AvgIpc) is 2.56. The monoisotopic (exact) mass is 312 g/mol. The first-order valence-electron chi connectivity index (χ1n) is 7.48. The van der Waals surface area contributed by atoms with Gasteiger partial charge in [0, 0.05) is 6.54 Å². The Morgan fingerprint density at radius 3 is 2.39 bits per heavy atom. The maximum absolute atomic E-state index is 12.3. The van der Waals surface area contributed by atoms with Crippen LogP contribution < -0.4 is 10.6 Å². The lowest BCUT2D eigenvalue weighted by atomic mass is 10.1. The van der Waals surface area contributed by atoms with Gasteiger partial charge >= 0.3 is 0 Å². The first kappa shape index (κ1) is 16.7. The molecule has 1 unspecified atom stereocenters. The zero-order valence-corrected chi connectivity index (χ0v) is 13.0. The zero-order chi connectivity index (χ0) is 16.7. The van der Waals surface area contributed by atoms with E-state index in [1.807, 2.05) is 30.3 Å². The maximum atomic E-state index is 12.3. The molecule has 0 saturated carbocycles. The summed E-state index contributed by atoms with van der Waals surface area (Å²) in [6.07, 6.45) is -0.404. The quantitative estimate of drug-likeness (QED) is 0.763. The molecular weight excluding hydrogens is 292 g/mol. The lowest BCUT2D eigenvalue weighted by Gasteiger charge is -2.12. The summed E-state index contributed by atoms with van der Waals surface area (Å²) in [7, 11) is 0. The number of benzene rings is 2. The van der Waals surface area contributed by atoms with Gasteiger partial charge in [0.05, 0.1) is 11.3 Å². The standard InChI is InChI=1S/C18H20N2O3/c1-13(21)17(22)20-16-10-6-5-9-15(16)18(23)19-12-11-14-7-3-2-4-8-14/h2-10,13,21H,11-12H2,1H3,(H,19,23)(H,20,22). The largest absolute Gasteiger partial charge is 0.384 e. The smallest absolute Gasteiger partial charge is 0.253 e. The molecule has 5 nitrogen and oxygen atoms in total. The minimum atomic E-state index is -1.14. The minimum absolute atomic E-state index is 0.262. The van der Waals surface area contributed by atoms with E-state index in [4.69, 9.17) is 0 Å². The van der Waals surface area contributed by atoms with E-state index in [1.165, 1.54) is 6.92 Å². The molecule has 2 aromatic carbocycles. The third-order valence-electron chi connectivity index (χ3n) is 3.35. The van der Waals surface area contributed by atoms with Gasteiger partial charge in [-0.1, -0.05) is 42.5 Å². The van der Waals surface area contributed by atoms with Crippen molar-refractivity contribution in [3.8, 4) is 0 Å². The van der Waals surface area contributed by atoms with Gasteiger partial charge < -0.3 is 15.7 Å². The summed E-state index contributed by atoms with van der Waals surface area (Å²) in [5.41, 5.74) is 1.90. The molecule has 0 aliphatic carbocycles. The second-order valence-electron chi connectivity index (χ2n) is 5.20. The van der Waals surface area contributed by atoms with Crippen molar-refractivity contribution in [3.63, 3.8) is 0 Å². The highest BCUT2D eigenvalue weighted by Crippen LogP contribution is 2.15. The summed E-state index contributed by atoms with van der Waals surface area (Å²) in [4.78, 5) is 23.9. The predicted molar refractivity (Wildman–Crippen MR) is 89.2 cm³/mol. The third-order valence-corrected chi connectivity index (χ3v) is 3.35. The summed E-state index contributed by atoms with van der Waals surface area (Å²) in [6.45, 7) is 1.87. The molecule has 0 heterocycles. The van der Waals surface area contributed by atoms with Gasteiger partial charge in [0.15, 0.2) is 0 Å². The molecule has 2 rings (SSSR count). The van der Waals surface area contributed by atoms with Crippen LogP contribution in [0.5, 0.6) is 0 Å². The van der Waals surface area contributed by atoms with Crippen molar-refractivity contribution in [2.75, 3.05) is 11.9 Å². The van der Waals surface area contributed by atoms with Gasteiger partial charge in [0.25, 0.3) is 11.8 Å². The number of nitrogens with one attached hydrogen (secondary N) is 2. The number of aliphatic hydroxyl groups excluding tert-OH is 1. The van der Waals surface area contributed by atoms with Gasteiger partial charge in [-0.3, -0.25) is 9.59 Å². The topological polar surface area (TPSA) is 78.4 Å². The number of carbonyl (C=O) groups excluding carboxylic acids is 2. The molecular formula is C18H20N2O3. The summed E-state index contributed by atoms with van der Waals surface area (Å²) < 4.78 is 0. The Kier molecular flexibility index (Phi) is 5.88. The minimum Gasteiger partial charge on any atom is -0.384 e. The molecule has 0 spiro atoms. The van der Waals surface area contributed by atoms with E-state index in [0.29, 0.717) is 17.8 Å². The van der Waals surface area contributed by atoms with Crippen molar-refractivity contribution in [1.29, 1.82) is 0 Å². The number of para-hydroxylation sites is 1. The molecule has 0 aromatic heterocycles. The Morgan fingerprint density at radius 1 is 1.04 bits per heavy atom. The Labute approximate surface area is 135 Å². The van der Waals surface area contributed by atoms with E-state index >= 15 is 0 Å².